The van der Waals surface area contributed by atoms with Gasteiger partial charge in [-0.05, 0) is 0 Å². The molecule has 5 heteroatoms. The van der Waals surface area contributed by atoms with Crippen molar-refractivity contribution < 1.29 is 14.3 Å². The third-order valence-corrected chi connectivity index (χ3v) is 3.39. The van der Waals surface area contributed by atoms with E-state index in [1.807, 2.05) is 32.0 Å². The van der Waals surface area contributed by atoms with E-state index < -0.39 is 8.69 Å². The van der Waals surface area contributed by atoms with Crippen molar-refractivity contribution in [3.63, 3.8) is 0 Å². The Kier molecular flexibility index (Phi) is 7.15. The summed E-state index contributed by atoms with van der Waals surface area (Å²) < 4.78 is 8.71. The first-order valence-corrected chi connectivity index (χ1v) is 7.67. The molecule has 0 aliphatic rings. The Morgan fingerprint density at radius 3 is 2.10 bits per heavy atom. The van der Waals surface area contributed by atoms with E-state index in [-0.39, 0.29) is 4.46 Å². The molecule has 0 spiro atoms. The summed E-state index contributed by atoms with van der Waals surface area (Å²) in [5.41, 5.74) is 6.60. The summed E-state index contributed by atoms with van der Waals surface area (Å²) in [4.78, 5) is 18.9. The van der Waals surface area contributed by atoms with Gasteiger partial charge in [0.1, 0.15) is 0 Å². The van der Waals surface area contributed by atoms with Gasteiger partial charge in [0.2, 0.25) is 0 Å². The van der Waals surface area contributed by atoms with Gasteiger partial charge in [0.05, 0.1) is 0 Å². The van der Waals surface area contributed by atoms with Gasteiger partial charge in [-0.2, -0.15) is 0 Å². The SMILES string of the molecule is O=[PH2]O.[Li][C](=O)c1c(C)cc(C)c(-c2ccccc2)c1C. The third kappa shape index (κ3) is 4.43. The summed E-state index contributed by atoms with van der Waals surface area (Å²) in [5.74, 6) is 0. The van der Waals surface area contributed by atoms with Gasteiger partial charge in [-0.25, -0.2) is 0 Å². The van der Waals surface area contributed by atoms with Gasteiger partial charge in [-0.1, -0.05) is 0 Å². The number of hydrogen-bond donors (Lipinski definition) is 1. The summed E-state index contributed by atoms with van der Waals surface area (Å²) in [6.45, 7) is 6.15. The van der Waals surface area contributed by atoms with Gasteiger partial charge in [0.25, 0.3) is 0 Å². The number of hydrogen-bond acceptors (Lipinski definition) is 2. The summed E-state index contributed by atoms with van der Waals surface area (Å²) >= 11 is 1.64. The van der Waals surface area contributed by atoms with Gasteiger partial charge in [-0.15, -0.1) is 0 Å². The molecule has 0 aromatic heterocycles. The number of aryl methyl sites for hydroxylation is 2. The van der Waals surface area contributed by atoms with Crippen LogP contribution in [-0.2, 0) is 4.57 Å². The van der Waals surface area contributed by atoms with E-state index in [2.05, 4.69) is 25.1 Å². The molecule has 0 amide bonds. The van der Waals surface area contributed by atoms with Crippen LogP contribution in [0.4, 0.5) is 0 Å². The predicted octanol–water partition coefficient (Wildman–Crippen LogP) is 3.24. The van der Waals surface area contributed by atoms with Crippen molar-refractivity contribution in [2.75, 3.05) is 0 Å². The molecule has 2 rings (SSSR count). The van der Waals surface area contributed by atoms with Crippen LogP contribution < -0.4 is 0 Å². The fourth-order valence-corrected chi connectivity index (χ4v) is 2.78. The van der Waals surface area contributed by atoms with Crippen LogP contribution in [0.2, 0.25) is 0 Å². The van der Waals surface area contributed by atoms with E-state index in [0.717, 1.165) is 16.7 Å². The van der Waals surface area contributed by atoms with Crippen LogP contribution in [0, 0.1) is 20.8 Å². The Morgan fingerprint density at radius 1 is 1.10 bits per heavy atom. The van der Waals surface area contributed by atoms with E-state index >= 15 is 0 Å². The second kappa shape index (κ2) is 8.37. The average molecular weight is 296 g/mol. The molecular weight excluding hydrogens is 278 g/mol. The molecule has 2 aromatic rings. The van der Waals surface area contributed by atoms with Gasteiger partial charge < -0.3 is 4.89 Å². The van der Waals surface area contributed by atoms with Gasteiger partial charge in [0, 0.05) is 0 Å². The number of benzene rings is 2. The molecule has 0 heterocycles. The Labute approximate surface area is 135 Å². The first kappa shape index (κ1) is 17.9. The molecule has 106 valence electrons. The second-order valence-electron chi connectivity index (χ2n) is 4.91. The van der Waals surface area contributed by atoms with E-state index in [0.29, 0.717) is 0 Å². The van der Waals surface area contributed by atoms with E-state index in [4.69, 9.17) is 9.46 Å². The summed E-state index contributed by atoms with van der Waals surface area (Å²) in [6, 6.07) is 12.4. The molecule has 2 aromatic carbocycles. The van der Waals surface area contributed by atoms with Gasteiger partial charge >= 0.3 is 118 Å². The average Bonchev–Trinajstić information content (AvgIpc) is 2.39. The Balaban J connectivity index is 0.000000677. The van der Waals surface area contributed by atoms with Crippen LogP contribution in [-0.4, -0.2) is 27.1 Å². The van der Waals surface area contributed by atoms with Gasteiger partial charge in [-0.3, -0.25) is 4.57 Å². The Bertz CT molecular complexity index is 654. The van der Waals surface area contributed by atoms with Crippen molar-refractivity contribution in [3.8, 4) is 11.1 Å². The summed E-state index contributed by atoms with van der Waals surface area (Å²) in [5, 5.41) is 0. The predicted molar refractivity (Wildman–Crippen MR) is 88.8 cm³/mol. The second-order valence-corrected chi connectivity index (χ2v) is 5.12. The Hall–Kier alpha value is -1.10. The standard InChI is InChI=1S/C16H15O.Li.H3O2P/c1-11-9-12(2)16(13(3)15(11)10-17)14-7-5-4-6-8-14;;1-3-2/h4-9H,1-3H3;;3H2,(H,1,2). The van der Waals surface area contributed by atoms with Crippen LogP contribution >= 0.6 is 8.69 Å². The quantitative estimate of drug-likeness (QED) is 0.683. The van der Waals surface area contributed by atoms with Crippen molar-refractivity contribution in [2.45, 2.75) is 20.8 Å². The van der Waals surface area contributed by atoms with Crippen molar-refractivity contribution in [1.82, 2.24) is 0 Å². The zero-order chi connectivity index (χ0) is 16.0. The molecule has 0 saturated carbocycles. The molecule has 0 radical (unpaired) electrons. The van der Waals surface area contributed by atoms with Crippen LogP contribution in [0.15, 0.2) is 36.4 Å². The zero-order valence-corrected chi connectivity index (χ0v) is 14.0. The van der Waals surface area contributed by atoms with E-state index in [9.17, 15) is 4.79 Å². The monoisotopic (exact) mass is 296 g/mol. The van der Waals surface area contributed by atoms with Crippen LogP contribution in [0.3, 0.4) is 0 Å². The molecule has 0 aliphatic carbocycles. The topological polar surface area (TPSA) is 54.4 Å². The van der Waals surface area contributed by atoms with Crippen LogP contribution in [0.25, 0.3) is 11.1 Å². The summed E-state index contributed by atoms with van der Waals surface area (Å²) in [7, 11) is -1.50. The molecule has 21 heavy (non-hydrogen) atoms. The first-order valence-electron chi connectivity index (χ1n) is 6.69. The van der Waals surface area contributed by atoms with Crippen molar-refractivity contribution >= 4 is 30.9 Å². The molecule has 1 unspecified atom stereocenters. The molecule has 0 aliphatic heterocycles. The van der Waals surface area contributed by atoms with Crippen molar-refractivity contribution in [1.29, 1.82) is 0 Å². The fourth-order valence-electron chi connectivity index (χ4n) is 2.78. The maximum atomic E-state index is 11.8. The zero-order valence-electron chi connectivity index (χ0n) is 12.8. The minimum atomic E-state index is -1.50. The number of carbonyl (C=O) groups excluding carboxylic acids is 1. The van der Waals surface area contributed by atoms with E-state index in [1.165, 1.54) is 16.7 Å². The Morgan fingerprint density at radius 2 is 1.62 bits per heavy atom. The maximum absolute atomic E-state index is 11.8. The molecule has 0 bridgehead atoms. The van der Waals surface area contributed by atoms with Crippen LogP contribution in [0.1, 0.15) is 27.0 Å². The summed E-state index contributed by atoms with van der Waals surface area (Å²) in [6.07, 6.45) is 0. The normalized spacial score (nSPS) is 10.4. The van der Waals surface area contributed by atoms with Gasteiger partial charge in [0.15, 0.2) is 8.69 Å². The molecule has 3 nitrogen and oxygen atoms in total. The first-order chi connectivity index (χ1) is 9.93. The number of rotatable bonds is 2. The third-order valence-electron chi connectivity index (χ3n) is 3.39. The number of carbonyl (C=O) groups is 1. The molecule has 0 fully saturated rings. The minimum absolute atomic E-state index is 0.141. The van der Waals surface area contributed by atoms with E-state index in [1.54, 1.807) is 17.7 Å². The molecule has 0 saturated heterocycles. The fraction of sp³-hybridized carbons (Fsp3) is 0.188. The van der Waals surface area contributed by atoms with Crippen LogP contribution in [0.5, 0.6) is 0 Å². The molecule has 1 atom stereocenters. The van der Waals surface area contributed by atoms with Crippen molar-refractivity contribution in [3.05, 3.63) is 58.7 Å². The molecule has 1 N–H and O–H groups in total. The van der Waals surface area contributed by atoms with Crippen molar-refractivity contribution in [2.24, 2.45) is 0 Å². The molecular formula is C16H18LiO3P.